The molecule has 1 aromatic rings. The van der Waals surface area contributed by atoms with Crippen molar-refractivity contribution in [3.8, 4) is 0 Å². The van der Waals surface area contributed by atoms with Gasteiger partial charge in [0.15, 0.2) is 0 Å². The van der Waals surface area contributed by atoms with Crippen LogP contribution in [0.4, 0.5) is 0 Å². The minimum absolute atomic E-state index is 0.0295. The maximum Gasteiger partial charge on any atom is 0.228 e. The Labute approximate surface area is 84.3 Å². The average molecular weight is 192 g/mol. The minimum Gasteiger partial charge on any atom is -0.359 e. The largest absolute Gasteiger partial charge is 0.359 e. The molecule has 1 atom stereocenters. The molecule has 0 bridgehead atoms. The minimum atomic E-state index is -0.236. The molecule has 0 aromatic heterocycles. The molecule has 0 radical (unpaired) electrons. The molecule has 0 aliphatic heterocycles. The first kappa shape index (κ1) is 10.7. The van der Waals surface area contributed by atoms with Gasteiger partial charge < -0.3 is 11.1 Å². The molecule has 3 heteroatoms. The zero-order chi connectivity index (χ0) is 10.6. The van der Waals surface area contributed by atoms with Gasteiger partial charge in [0.25, 0.3) is 0 Å². The van der Waals surface area contributed by atoms with Crippen molar-refractivity contribution in [3.05, 3.63) is 35.4 Å². The number of hydrogen-bond acceptors (Lipinski definition) is 2. The smallest absolute Gasteiger partial charge is 0.228 e. The Balaban J connectivity index is 2.94. The number of hydrogen-bond donors (Lipinski definition) is 2. The molecule has 3 nitrogen and oxygen atoms in total. The number of carbonyl (C=O) groups excluding carboxylic acids is 1. The molecule has 3 N–H and O–H groups in total. The summed E-state index contributed by atoms with van der Waals surface area (Å²) in [6.45, 7) is 2.34. The van der Waals surface area contributed by atoms with Crippen LogP contribution in [-0.4, -0.2) is 19.5 Å². The third kappa shape index (κ3) is 2.33. The first-order chi connectivity index (χ1) is 6.69. The van der Waals surface area contributed by atoms with Crippen molar-refractivity contribution in [2.24, 2.45) is 5.73 Å². The standard InChI is InChI=1S/C11H16N2O/c1-8-4-3-5-9(6-8)10(7-12)11(14)13-2/h3-6,10H,7,12H2,1-2H3,(H,13,14). The van der Waals surface area contributed by atoms with E-state index in [-0.39, 0.29) is 11.8 Å². The third-order valence-corrected chi connectivity index (χ3v) is 2.24. The highest BCUT2D eigenvalue weighted by Gasteiger charge is 2.17. The van der Waals surface area contributed by atoms with E-state index in [1.807, 2.05) is 31.2 Å². The lowest BCUT2D eigenvalue weighted by Gasteiger charge is -2.13. The summed E-state index contributed by atoms with van der Waals surface area (Å²) in [6, 6.07) is 7.86. The van der Waals surface area contributed by atoms with Crippen LogP contribution >= 0.6 is 0 Å². The Kier molecular flexibility index (Phi) is 3.65. The fourth-order valence-corrected chi connectivity index (χ4v) is 1.46. The van der Waals surface area contributed by atoms with Gasteiger partial charge in [-0.25, -0.2) is 0 Å². The highest BCUT2D eigenvalue weighted by Crippen LogP contribution is 2.15. The number of amides is 1. The number of rotatable bonds is 3. The van der Waals surface area contributed by atoms with E-state index in [0.717, 1.165) is 11.1 Å². The van der Waals surface area contributed by atoms with E-state index in [0.29, 0.717) is 6.54 Å². The summed E-state index contributed by atoms with van der Waals surface area (Å²) in [5.74, 6) is -0.266. The normalized spacial score (nSPS) is 12.2. The fourth-order valence-electron chi connectivity index (χ4n) is 1.46. The molecule has 0 saturated heterocycles. The van der Waals surface area contributed by atoms with Gasteiger partial charge in [-0.2, -0.15) is 0 Å². The van der Waals surface area contributed by atoms with Gasteiger partial charge in [0, 0.05) is 13.6 Å². The Hall–Kier alpha value is -1.35. The second kappa shape index (κ2) is 4.77. The molecule has 0 saturated carbocycles. The van der Waals surface area contributed by atoms with Gasteiger partial charge in [-0.3, -0.25) is 4.79 Å². The zero-order valence-electron chi connectivity index (χ0n) is 8.58. The molecule has 14 heavy (non-hydrogen) atoms. The molecule has 0 fully saturated rings. The predicted octanol–water partition coefficient (Wildman–Crippen LogP) is 0.783. The predicted molar refractivity (Wildman–Crippen MR) is 57.0 cm³/mol. The highest BCUT2D eigenvalue weighted by molar-refractivity contribution is 5.83. The highest BCUT2D eigenvalue weighted by atomic mass is 16.1. The number of nitrogens with one attached hydrogen (secondary N) is 1. The summed E-state index contributed by atoms with van der Waals surface area (Å²) in [7, 11) is 1.63. The van der Waals surface area contributed by atoms with Crippen LogP contribution in [0.25, 0.3) is 0 Å². The Bertz CT molecular complexity index is 323. The lowest BCUT2D eigenvalue weighted by Crippen LogP contribution is -2.30. The van der Waals surface area contributed by atoms with Crippen molar-refractivity contribution < 1.29 is 4.79 Å². The van der Waals surface area contributed by atoms with Crippen molar-refractivity contribution >= 4 is 5.91 Å². The van der Waals surface area contributed by atoms with Gasteiger partial charge in [-0.05, 0) is 12.5 Å². The molecule has 1 aromatic carbocycles. The number of likely N-dealkylation sites (N-methyl/N-ethyl adjacent to an activating group) is 1. The number of aryl methyl sites for hydroxylation is 1. The summed E-state index contributed by atoms with van der Waals surface area (Å²) in [4.78, 5) is 11.5. The van der Waals surface area contributed by atoms with Crippen molar-refractivity contribution in [2.75, 3.05) is 13.6 Å². The van der Waals surface area contributed by atoms with Gasteiger partial charge in [0.1, 0.15) is 0 Å². The molecule has 0 heterocycles. The molecule has 1 unspecified atom stereocenters. The zero-order valence-corrected chi connectivity index (χ0v) is 8.58. The SMILES string of the molecule is CNC(=O)C(CN)c1cccc(C)c1. The molecular formula is C11H16N2O. The van der Waals surface area contributed by atoms with Gasteiger partial charge in [0.05, 0.1) is 5.92 Å². The summed E-state index contributed by atoms with van der Waals surface area (Å²) in [6.07, 6.45) is 0. The van der Waals surface area contributed by atoms with Crippen LogP contribution in [0.2, 0.25) is 0 Å². The molecule has 1 amide bonds. The monoisotopic (exact) mass is 192 g/mol. The van der Waals surface area contributed by atoms with Crippen LogP contribution < -0.4 is 11.1 Å². The second-order valence-corrected chi connectivity index (χ2v) is 3.32. The maximum absolute atomic E-state index is 11.5. The van der Waals surface area contributed by atoms with Crippen LogP contribution in [0, 0.1) is 6.92 Å². The van der Waals surface area contributed by atoms with Crippen LogP contribution in [0.15, 0.2) is 24.3 Å². The van der Waals surface area contributed by atoms with Crippen LogP contribution in [0.3, 0.4) is 0 Å². The first-order valence-electron chi connectivity index (χ1n) is 4.67. The Morgan fingerprint density at radius 2 is 2.29 bits per heavy atom. The first-order valence-corrected chi connectivity index (χ1v) is 4.67. The molecule has 0 aliphatic rings. The van der Waals surface area contributed by atoms with Crippen molar-refractivity contribution in [1.29, 1.82) is 0 Å². The summed E-state index contributed by atoms with van der Waals surface area (Å²) >= 11 is 0. The average Bonchev–Trinajstić information content (AvgIpc) is 2.19. The lowest BCUT2D eigenvalue weighted by atomic mass is 9.97. The van der Waals surface area contributed by atoms with E-state index < -0.39 is 0 Å². The molecule has 76 valence electrons. The van der Waals surface area contributed by atoms with E-state index in [4.69, 9.17) is 5.73 Å². The molecule has 0 spiro atoms. The van der Waals surface area contributed by atoms with Crippen LogP contribution in [0.1, 0.15) is 17.0 Å². The fraction of sp³-hybridized carbons (Fsp3) is 0.364. The summed E-state index contributed by atoms with van der Waals surface area (Å²) < 4.78 is 0. The topological polar surface area (TPSA) is 55.1 Å². The van der Waals surface area contributed by atoms with Crippen LogP contribution in [0.5, 0.6) is 0 Å². The number of carbonyl (C=O) groups is 1. The van der Waals surface area contributed by atoms with Gasteiger partial charge >= 0.3 is 0 Å². The summed E-state index contributed by atoms with van der Waals surface area (Å²) in [5, 5.41) is 2.61. The lowest BCUT2D eigenvalue weighted by molar-refractivity contribution is -0.121. The second-order valence-electron chi connectivity index (χ2n) is 3.32. The van der Waals surface area contributed by atoms with Crippen molar-refractivity contribution in [3.63, 3.8) is 0 Å². The van der Waals surface area contributed by atoms with Crippen molar-refractivity contribution in [1.82, 2.24) is 5.32 Å². The van der Waals surface area contributed by atoms with Gasteiger partial charge in [-0.1, -0.05) is 29.8 Å². The third-order valence-electron chi connectivity index (χ3n) is 2.24. The quantitative estimate of drug-likeness (QED) is 0.743. The maximum atomic E-state index is 11.5. The van der Waals surface area contributed by atoms with Crippen LogP contribution in [-0.2, 0) is 4.79 Å². The number of nitrogens with two attached hydrogens (primary N) is 1. The Morgan fingerprint density at radius 1 is 1.57 bits per heavy atom. The summed E-state index contributed by atoms with van der Waals surface area (Å²) in [5.41, 5.74) is 7.69. The van der Waals surface area contributed by atoms with Crippen molar-refractivity contribution in [2.45, 2.75) is 12.8 Å². The Morgan fingerprint density at radius 3 is 2.79 bits per heavy atom. The van der Waals surface area contributed by atoms with E-state index in [9.17, 15) is 4.79 Å². The van der Waals surface area contributed by atoms with E-state index in [1.54, 1.807) is 7.05 Å². The molecule has 0 aliphatic carbocycles. The molecule has 1 rings (SSSR count). The van der Waals surface area contributed by atoms with E-state index in [2.05, 4.69) is 5.32 Å². The van der Waals surface area contributed by atoms with Gasteiger partial charge in [-0.15, -0.1) is 0 Å². The van der Waals surface area contributed by atoms with E-state index in [1.165, 1.54) is 0 Å². The van der Waals surface area contributed by atoms with Gasteiger partial charge in [0.2, 0.25) is 5.91 Å². The number of benzene rings is 1. The van der Waals surface area contributed by atoms with E-state index >= 15 is 0 Å². The molecular weight excluding hydrogens is 176 g/mol.